The van der Waals surface area contributed by atoms with Gasteiger partial charge < -0.3 is 9.90 Å². The van der Waals surface area contributed by atoms with E-state index in [1.807, 2.05) is 0 Å². The van der Waals surface area contributed by atoms with Gasteiger partial charge in [-0.25, -0.2) is 8.42 Å². The molecular weight excluding hydrogens is 302 g/mol. The van der Waals surface area contributed by atoms with Gasteiger partial charge in [-0.1, -0.05) is 35.9 Å². The summed E-state index contributed by atoms with van der Waals surface area (Å²) in [6.07, 6.45) is 0. The Balaban J connectivity index is 2.66. The first-order chi connectivity index (χ1) is 9.34. The molecule has 0 atom stereocenters. The van der Waals surface area contributed by atoms with E-state index >= 15 is 0 Å². The zero-order valence-electron chi connectivity index (χ0n) is 10.5. The van der Waals surface area contributed by atoms with E-state index < -0.39 is 22.5 Å². The fraction of sp³-hybridized carbons (Fsp3) is 0.154. The summed E-state index contributed by atoms with van der Waals surface area (Å²) in [6, 6.07) is 9.75. The number of carboxylic acid groups (broad SMARTS) is 1. The first-order valence-electron chi connectivity index (χ1n) is 5.67. The molecule has 0 aliphatic carbocycles. The van der Waals surface area contributed by atoms with E-state index in [0.717, 1.165) is 4.31 Å². The maximum absolute atomic E-state index is 12.4. The third kappa shape index (κ3) is 2.63. The molecule has 0 saturated heterocycles. The van der Waals surface area contributed by atoms with Crippen LogP contribution in [0.1, 0.15) is 0 Å². The van der Waals surface area contributed by atoms with Crippen molar-refractivity contribution in [1.29, 1.82) is 0 Å². The average Bonchev–Trinajstić information content (AvgIpc) is 2.37. The quantitative estimate of drug-likeness (QED) is 0.839. The Morgan fingerprint density at radius 3 is 2.45 bits per heavy atom. The SMILES string of the molecule is CN(CC(=O)[O-])S(=O)(=O)c1cccc2cccc(Cl)c12. The fourth-order valence-electron chi connectivity index (χ4n) is 1.91. The van der Waals surface area contributed by atoms with Crippen LogP contribution < -0.4 is 5.11 Å². The van der Waals surface area contributed by atoms with E-state index in [1.54, 1.807) is 30.3 Å². The number of carboxylic acids is 1. The van der Waals surface area contributed by atoms with E-state index in [2.05, 4.69) is 0 Å². The summed E-state index contributed by atoms with van der Waals surface area (Å²) in [5.41, 5.74) is 0. The molecule has 0 aromatic heterocycles. The number of hydrogen-bond acceptors (Lipinski definition) is 4. The minimum Gasteiger partial charge on any atom is -0.549 e. The Morgan fingerprint density at radius 1 is 1.25 bits per heavy atom. The molecule has 2 rings (SSSR count). The highest BCUT2D eigenvalue weighted by molar-refractivity contribution is 7.89. The Bertz CT molecular complexity index is 768. The Morgan fingerprint density at radius 2 is 1.85 bits per heavy atom. The van der Waals surface area contributed by atoms with Gasteiger partial charge in [-0.05, 0) is 17.5 Å². The summed E-state index contributed by atoms with van der Waals surface area (Å²) in [5.74, 6) is -1.47. The van der Waals surface area contributed by atoms with Gasteiger partial charge >= 0.3 is 0 Å². The molecule has 0 heterocycles. The highest BCUT2D eigenvalue weighted by Crippen LogP contribution is 2.30. The predicted molar refractivity (Wildman–Crippen MR) is 73.8 cm³/mol. The van der Waals surface area contributed by atoms with Gasteiger partial charge in [0.05, 0.1) is 17.4 Å². The van der Waals surface area contributed by atoms with Crippen LogP contribution in [0.25, 0.3) is 10.8 Å². The van der Waals surface area contributed by atoms with Crippen molar-refractivity contribution in [3.05, 3.63) is 41.4 Å². The second kappa shape index (κ2) is 5.40. The standard InChI is InChI=1S/C13H12ClNO4S/c1-15(8-12(16)17)20(18,19)11-7-3-5-9-4-2-6-10(14)13(9)11/h2-7H,8H2,1H3,(H,16,17)/p-1. The van der Waals surface area contributed by atoms with Gasteiger partial charge in [0.2, 0.25) is 10.0 Å². The molecule has 0 spiro atoms. The highest BCUT2D eigenvalue weighted by atomic mass is 35.5. The number of fused-ring (bicyclic) bond motifs is 1. The van der Waals surface area contributed by atoms with Crippen molar-refractivity contribution in [1.82, 2.24) is 4.31 Å². The molecule has 0 unspecified atom stereocenters. The van der Waals surface area contributed by atoms with Crippen molar-refractivity contribution < 1.29 is 18.3 Å². The highest BCUT2D eigenvalue weighted by Gasteiger charge is 2.23. The lowest BCUT2D eigenvalue weighted by molar-refractivity contribution is -0.305. The number of carbonyl (C=O) groups excluding carboxylic acids is 1. The van der Waals surface area contributed by atoms with Gasteiger partial charge in [-0.15, -0.1) is 0 Å². The van der Waals surface area contributed by atoms with Crippen LogP contribution in [0.4, 0.5) is 0 Å². The van der Waals surface area contributed by atoms with Gasteiger partial charge in [-0.3, -0.25) is 0 Å². The average molecular weight is 313 g/mol. The number of likely N-dealkylation sites (N-methyl/N-ethyl adjacent to an activating group) is 1. The lowest BCUT2D eigenvalue weighted by Crippen LogP contribution is -2.39. The molecule has 5 nitrogen and oxygen atoms in total. The molecule has 2 aromatic rings. The molecule has 0 bridgehead atoms. The van der Waals surface area contributed by atoms with Crippen molar-refractivity contribution >= 4 is 38.4 Å². The van der Waals surface area contributed by atoms with Gasteiger partial charge in [-0.2, -0.15) is 4.31 Å². The molecule has 106 valence electrons. The van der Waals surface area contributed by atoms with Crippen molar-refractivity contribution in [2.24, 2.45) is 0 Å². The fourth-order valence-corrected chi connectivity index (χ4v) is 3.60. The Labute approximate surface area is 121 Å². The van der Waals surface area contributed by atoms with Crippen LogP contribution in [0, 0.1) is 0 Å². The largest absolute Gasteiger partial charge is 0.549 e. The number of sulfonamides is 1. The molecule has 2 aromatic carbocycles. The Hall–Kier alpha value is -1.63. The number of nitrogens with zero attached hydrogens (tertiary/aromatic N) is 1. The van der Waals surface area contributed by atoms with Gasteiger partial charge in [0, 0.05) is 17.5 Å². The number of hydrogen-bond donors (Lipinski definition) is 0. The van der Waals surface area contributed by atoms with Crippen molar-refractivity contribution in [2.45, 2.75) is 4.90 Å². The lowest BCUT2D eigenvalue weighted by Gasteiger charge is -2.19. The van der Waals surface area contributed by atoms with Crippen molar-refractivity contribution in [3.63, 3.8) is 0 Å². The third-order valence-electron chi connectivity index (χ3n) is 2.86. The molecule has 0 fully saturated rings. The number of aliphatic carboxylic acids is 1. The molecule has 0 N–H and O–H groups in total. The van der Waals surface area contributed by atoms with Gasteiger partial charge in [0.25, 0.3) is 0 Å². The smallest absolute Gasteiger partial charge is 0.243 e. The van der Waals surface area contributed by atoms with Crippen LogP contribution in [0.15, 0.2) is 41.3 Å². The summed E-state index contributed by atoms with van der Waals surface area (Å²) < 4.78 is 25.5. The number of rotatable bonds is 4. The van der Waals surface area contributed by atoms with Crippen LogP contribution in [-0.4, -0.2) is 32.3 Å². The van der Waals surface area contributed by atoms with Crippen LogP contribution >= 0.6 is 11.6 Å². The maximum Gasteiger partial charge on any atom is 0.243 e. The van der Waals surface area contributed by atoms with E-state index in [1.165, 1.54) is 13.1 Å². The molecule has 0 saturated carbocycles. The minimum absolute atomic E-state index is 0.0237. The van der Waals surface area contributed by atoms with Crippen LogP contribution in [0.2, 0.25) is 5.02 Å². The molecule has 20 heavy (non-hydrogen) atoms. The van der Waals surface area contributed by atoms with Crippen molar-refractivity contribution in [2.75, 3.05) is 13.6 Å². The van der Waals surface area contributed by atoms with Gasteiger partial charge in [0.1, 0.15) is 0 Å². The molecule has 0 aliphatic rings. The number of benzene rings is 2. The van der Waals surface area contributed by atoms with Crippen LogP contribution in [-0.2, 0) is 14.8 Å². The third-order valence-corrected chi connectivity index (χ3v) is 5.02. The second-order valence-electron chi connectivity index (χ2n) is 4.23. The molecule has 0 aliphatic heterocycles. The first-order valence-corrected chi connectivity index (χ1v) is 7.49. The maximum atomic E-state index is 12.4. The van der Waals surface area contributed by atoms with E-state index in [9.17, 15) is 18.3 Å². The zero-order valence-corrected chi connectivity index (χ0v) is 12.1. The number of halogens is 1. The lowest BCUT2D eigenvalue weighted by atomic mass is 10.1. The topological polar surface area (TPSA) is 77.5 Å². The first kappa shape index (κ1) is 14.8. The molecule has 0 amide bonds. The minimum atomic E-state index is -3.96. The van der Waals surface area contributed by atoms with E-state index in [4.69, 9.17) is 11.6 Å². The monoisotopic (exact) mass is 312 g/mol. The summed E-state index contributed by atoms with van der Waals surface area (Å²) in [7, 11) is -2.77. The Kier molecular flexibility index (Phi) is 3.99. The van der Waals surface area contributed by atoms with Gasteiger partial charge in [0.15, 0.2) is 0 Å². The molecule has 7 heteroatoms. The number of carbonyl (C=O) groups is 1. The summed E-state index contributed by atoms with van der Waals surface area (Å²) in [4.78, 5) is 10.6. The summed E-state index contributed by atoms with van der Waals surface area (Å²) in [5, 5.41) is 11.9. The van der Waals surface area contributed by atoms with E-state index in [-0.39, 0.29) is 4.90 Å². The van der Waals surface area contributed by atoms with Crippen LogP contribution in [0.5, 0.6) is 0 Å². The summed E-state index contributed by atoms with van der Waals surface area (Å²) in [6.45, 7) is -0.719. The normalized spacial score (nSPS) is 11.9. The van der Waals surface area contributed by atoms with Crippen molar-refractivity contribution in [3.8, 4) is 0 Å². The van der Waals surface area contributed by atoms with Crippen LogP contribution in [0.3, 0.4) is 0 Å². The van der Waals surface area contributed by atoms with E-state index in [0.29, 0.717) is 15.8 Å². The zero-order chi connectivity index (χ0) is 14.9. The second-order valence-corrected chi connectivity index (χ2v) is 6.65. The predicted octanol–water partition coefficient (Wildman–Crippen LogP) is 0.864. The molecular formula is C13H11ClNO4S-. The summed E-state index contributed by atoms with van der Waals surface area (Å²) >= 11 is 6.07. The molecule has 0 radical (unpaired) electrons.